The van der Waals surface area contributed by atoms with Gasteiger partial charge in [0.25, 0.3) is 5.91 Å². The van der Waals surface area contributed by atoms with Gasteiger partial charge in [-0.05, 0) is 35.2 Å². The predicted octanol–water partition coefficient (Wildman–Crippen LogP) is 4.49. The van der Waals surface area contributed by atoms with Gasteiger partial charge in [0.15, 0.2) is 6.61 Å². The van der Waals surface area contributed by atoms with Crippen molar-refractivity contribution in [3.8, 4) is 5.75 Å². The summed E-state index contributed by atoms with van der Waals surface area (Å²) in [6.45, 7) is 9.18. The van der Waals surface area contributed by atoms with Crippen LogP contribution in [0.1, 0.15) is 26.3 Å². The van der Waals surface area contributed by atoms with Gasteiger partial charge >= 0.3 is 0 Å². The highest BCUT2D eigenvalue weighted by Gasteiger charge is 2.19. The molecule has 0 spiro atoms. The molecular formula is C22H27ClN2O3. The number of carbonyl (C=O) groups is 1. The molecule has 1 N–H and O–H groups in total. The van der Waals surface area contributed by atoms with E-state index in [4.69, 9.17) is 21.1 Å². The van der Waals surface area contributed by atoms with Crippen LogP contribution < -0.4 is 15.0 Å². The van der Waals surface area contributed by atoms with Crippen molar-refractivity contribution < 1.29 is 14.3 Å². The molecule has 5 nitrogen and oxygen atoms in total. The first-order chi connectivity index (χ1) is 13.3. The Labute approximate surface area is 171 Å². The minimum absolute atomic E-state index is 0.0655. The van der Waals surface area contributed by atoms with Gasteiger partial charge < -0.3 is 19.7 Å². The molecule has 150 valence electrons. The van der Waals surface area contributed by atoms with Crippen LogP contribution in [0.25, 0.3) is 0 Å². The molecule has 1 heterocycles. The van der Waals surface area contributed by atoms with Crippen molar-refractivity contribution in [1.29, 1.82) is 0 Å². The third kappa shape index (κ3) is 5.18. The summed E-state index contributed by atoms with van der Waals surface area (Å²) < 4.78 is 11.1. The van der Waals surface area contributed by atoms with E-state index in [0.29, 0.717) is 29.7 Å². The van der Waals surface area contributed by atoms with Crippen molar-refractivity contribution in [3.05, 3.63) is 53.1 Å². The molecule has 0 bridgehead atoms. The van der Waals surface area contributed by atoms with Crippen LogP contribution in [-0.2, 0) is 14.9 Å². The van der Waals surface area contributed by atoms with Gasteiger partial charge in [0.2, 0.25) is 0 Å². The Morgan fingerprint density at radius 1 is 1.14 bits per heavy atom. The molecule has 1 amide bonds. The molecule has 0 aromatic heterocycles. The topological polar surface area (TPSA) is 50.8 Å². The average Bonchev–Trinajstić information content (AvgIpc) is 2.67. The standard InChI is InChI=1S/C22H27ClN2O3/c1-22(2,3)16-7-9-17(10-8-16)28-15-20(26)24-19-6-4-5-18(23)21(19)25-11-13-27-14-12-25/h4-10H,11-15H2,1-3H3,(H,24,26). The van der Waals surface area contributed by atoms with E-state index < -0.39 is 0 Å². The Bertz CT molecular complexity index is 810. The molecule has 2 aromatic carbocycles. The zero-order valence-electron chi connectivity index (χ0n) is 16.6. The lowest BCUT2D eigenvalue weighted by Gasteiger charge is -2.31. The maximum Gasteiger partial charge on any atom is 0.262 e. The summed E-state index contributed by atoms with van der Waals surface area (Å²) in [6.07, 6.45) is 0. The summed E-state index contributed by atoms with van der Waals surface area (Å²) in [6, 6.07) is 13.4. The molecule has 28 heavy (non-hydrogen) atoms. The van der Waals surface area contributed by atoms with Crippen LogP contribution in [0.15, 0.2) is 42.5 Å². The molecule has 0 saturated carbocycles. The fraction of sp³-hybridized carbons (Fsp3) is 0.409. The molecule has 0 radical (unpaired) electrons. The van der Waals surface area contributed by atoms with Crippen molar-refractivity contribution in [2.24, 2.45) is 0 Å². The van der Waals surface area contributed by atoms with Gasteiger partial charge in [0.05, 0.1) is 29.6 Å². The lowest BCUT2D eigenvalue weighted by atomic mass is 9.87. The fourth-order valence-electron chi connectivity index (χ4n) is 3.11. The number of hydrogen-bond acceptors (Lipinski definition) is 4. The van der Waals surface area contributed by atoms with Gasteiger partial charge in [-0.2, -0.15) is 0 Å². The quantitative estimate of drug-likeness (QED) is 0.800. The van der Waals surface area contributed by atoms with E-state index in [1.807, 2.05) is 42.5 Å². The van der Waals surface area contributed by atoms with E-state index in [2.05, 4.69) is 31.0 Å². The number of halogens is 1. The molecule has 3 rings (SSSR count). The average molecular weight is 403 g/mol. The number of para-hydroxylation sites is 1. The Kier molecular flexibility index (Phi) is 6.47. The number of carbonyl (C=O) groups excluding carboxylic acids is 1. The summed E-state index contributed by atoms with van der Waals surface area (Å²) in [4.78, 5) is 14.6. The maximum atomic E-state index is 12.4. The van der Waals surface area contributed by atoms with Crippen molar-refractivity contribution >= 4 is 28.9 Å². The van der Waals surface area contributed by atoms with Gasteiger partial charge in [0.1, 0.15) is 5.75 Å². The van der Waals surface area contributed by atoms with E-state index in [-0.39, 0.29) is 17.9 Å². The highest BCUT2D eigenvalue weighted by Crippen LogP contribution is 2.34. The van der Waals surface area contributed by atoms with Crippen molar-refractivity contribution in [3.63, 3.8) is 0 Å². The number of nitrogens with one attached hydrogen (secondary N) is 1. The minimum Gasteiger partial charge on any atom is -0.484 e. The monoisotopic (exact) mass is 402 g/mol. The van der Waals surface area contributed by atoms with Crippen LogP contribution in [0.3, 0.4) is 0 Å². The summed E-state index contributed by atoms with van der Waals surface area (Å²) in [5, 5.41) is 3.53. The molecule has 1 aliphatic rings. The Morgan fingerprint density at radius 2 is 1.82 bits per heavy atom. The molecule has 6 heteroatoms. The number of benzene rings is 2. The van der Waals surface area contributed by atoms with Crippen LogP contribution in [-0.4, -0.2) is 38.8 Å². The number of anilines is 2. The summed E-state index contributed by atoms with van der Waals surface area (Å²) in [7, 11) is 0. The Morgan fingerprint density at radius 3 is 2.46 bits per heavy atom. The number of nitrogens with zero attached hydrogens (tertiary/aromatic N) is 1. The number of hydrogen-bond donors (Lipinski definition) is 1. The third-order valence-corrected chi connectivity index (χ3v) is 4.98. The number of amides is 1. The van der Waals surface area contributed by atoms with Crippen LogP contribution >= 0.6 is 11.6 Å². The van der Waals surface area contributed by atoms with Crippen LogP contribution in [0.2, 0.25) is 5.02 Å². The second-order valence-corrected chi connectivity index (χ2v) is 8.25. The SMILES string of the molecule is CC(C)(C)c1ccc(OCC(=O)Nc2cccc(Cl)c2N2CCOCC2)cc1. The zero-order chi connectivity index (χ0) is 20.1. The third-order valence-electron chi connectivity index (χ3n) is 4.68. The number of ether oxygens (including phenoxy) is 2. The van der Waals surface area contributed by atoms with E-state index in [9.17, 15) is 4.79 Å². The highest BCUT2D eigenvalue weighted by molar-refractivity contribution is 6.34. The normalized spacial score (nSPS) is 14.6. The zero-order valence-corrected chi connectivity index (χ0v) is 17.4. The maximum absolute atomic E-state index is 12.4. The molecule has 1 fully saturated rings. The van der Waals surface area contributed by atoms with E-state index in [1.165, 1.54) is 5.56 Å². The summed E-state index contributed by atoms with van der Waals surface area (Å²) >= 11 is 6.41. The van der Waals surface area contributed by atoms with Crippen molar-refractivity contribution in [2.45, 2.75) is 26.2 Å². The summed E-state index contributed by atoms with van der Waals surface area (Å²) in [5.41, 5.74) is 2.82. The van der Waals surface area contributed by atoms with Gasteiger partial charge in [-0.1, -0.05) is 50.6 Å². The van der Waals surface area contributed by atoms with E-state index in [1.54, 1.807) is 0 Å². The molecule has 1 saturated heterocycles. The minimum atomic E-state index is -0.225. The van der Waals surface area contributed by atoms with E-state index >= 15 is 0 Å². The summed E-state index contributed by atoms with van der Waals surface area (Å²) in [5.74, 6) is 0.444. The molecule has 2 aromatic rings. The predicted molar refractivity (Wildman–Crippen MR) is 114 cm³/mol. The molecular weight excluding hydrogens is 376 g/mol. The first-order valence-corrected chi connectivity index (χ1v) is 9.87. The number of morpholine rings is 1. The first kappa shape index (κ1) is 20.5. The molecule has 0 aliphatic carbocycles. The van der Waals surface area contributed by atoms with Gasteiger partial charge in [-0.3, -0.25) is 4.79 Å². The van der Waals surface area contributed by atoms with E-state index in [0.717, 1.165) is 18.8 Å². The van der Waals surface area contributed by atoms with Gasteiger partial charge in [0, 0.05) is 13.1 Å². The first-order valence-electron chi connectivity index (χ1n) is 9.49. The molecule has 0 unspecified atom stereocenters. The van der Waals surface area contributed by atoms with Gasteiger partial charge in [-0.15, -0.1) is 0 Å². The second kappa shape index (κ2) is 8.84. The molecule has 1 aliphatic heterocycles. The van der Waals surface area contributed by atoms with Crippen molar-refractivity contribution in [1.82, 2.24) is 0 Å². The van der Waals surface area contributed by atoms with Gasteiger partial charge in [-0.25, -0.2) is 0 Å². The Hall–Kier alpha value is -2.24. The smallest absolute Gasteiger partial charge is 0.262 e. The number of rotatable bonds is 5. The Balaban J connectivity index is 1.63. The lowest BCUT2D eigenvalue weighted by Crippen LogP contribution is -2.37. The second-order valence-electron chi connectivity index (χ2n) is 7.85. The molecule has 0 atom stereocenters. The van der Waals surface area contributed by atoms with Crippen LogP contribution in [0, 0.1) is 0 Å². The van der Waals surface area contributed by atoms with Crippen LogP contribution in [0.5, 0.6) is 5.75 Å². The largest absolute Gasteiger partial charge is 0.484 e. The van der Waals surface area contributed by atoms with Crippen molar-refractivity contribution in [2.75, 3.05) is 43.1 Å². The lowest BCUT2D eigenvalue weighted by molar-refractivity contribution is -0.118. The highest BCUT2D eigenvalue weighted by atomic mass is 35.5. The van der Waals surface area contributed by atoms with Crippen LogP contribution in [0.4, 0.5) is 11.4 Å². The fourth-order valence-corrected chi connectivity index (χ4v) is 3.40.